The molecule has 4 rings (SSSR count). The zero-order valence-electron chi connectivity index (χ0n) is 14.6. The van der Waals surface area contributed by atoms with Crippen LogP contribution in [0.2, 0.25) is 0 Å². The Balaban J connectivity index is 0.000000172. The van der Waals surface area contributed by atoms with Gasteiger partial charge in [0.15, 0.2) is 0 Å². The van der Waals surface area contributed by atoms with Crippen LogP contribution < -0.4 is 10.8 Å². The number of aromatic amines is 1. The van der Waals surface area contributed by atoms with Crippen LogP contribution in [0.15, 0.2) is 54.9 Å². The standard InChI is InChI=1S/C11H11N3.C5H6NP.C3H8O/c1-7-9-6-12-14-11(9)8-4-2-3-5-10(8)13-7;7-5-3-1-2-4-6-5;1-2-3-4/h2-7,13H,1H3,(H,12,14);1-4H,7H2;4H,2-3H2,1H3. The molecule has 3 heterocycles. The monoisotopic (exact) mass is 356 g/mol. The third kappa shape index (κ3) is 5.38. The number of hydrogen-bond donors (Lipinski definition) is 3. The number of rotatable bonds is 1. The van der Waals surface area contributed by atoms with Crippen molar-refractivity contribution in [3.05, 3.63) is 60.4 Å². The van der Waals surface area contributed by atoms with Gasteiger partial charge in [0, 0.05) is 29.6 Å². The number of aliphatic hydroxyl groups excluding tert-OH is 1. The quantitative estimate of drug-likeness (QED) is 0.583. The SMILES string of the molecule is CC1Nc2ccccc2-c2[nH]ncc21.CCCO.Pc1ccccn1. The third-order valence-electron chi connectivity index (χ3n) is 3.61. The molecular weight excluding hydrogens is 331 g/mol. The van der Waals surface area contributed by atoms with E-state index in [4.69, 9.17) is 5.11 Å². The maximum absolute atomic E-state index is 7.88. The molecule has 0 bridgehead atoms. The molecule has 1 aliphatic heterocycles. The van der Waals surface area contributed by atoms with Crippen molar-refractivity contribution < 1.29 is 5.11 Å². The first-order valence-electron chi connectivity index (χ1n) is 8.34. The van der Waals surface area contributed by atoms with Crippen LogP contribution >= 0.6 is 9.24 Å². The third-order valence-corrected chi connectivity index (χ3v) is 3.96. The second-order valence-corrected chi connectivity index (χ2v) is 6.18. The second-order valence-electron chi connectivity index (χ2n) is 5.59. The Hall–Kier alpha value is -2.23. The number of para-hydroxylation sites is 1. The molecule has 3 aromatic rings. The largest absolute Gasteiger partial charge is 0.396 e. The van der Waals surface area contributed by atoms with Crippen molar-refractivity contribution in [1.29, 1.82) is 0 Å². The normalized spacial score (nSPS) is 13.8. The zero-order chi connectivity index (χ0) is 18.1. The predicted molar refractivity (Wildman–Crippen MR) is 107 cm³/mol. The molecule has 0 spiro atoms. The summed E-state index contributed by atoms with van der Waals surface area (Å²) in [4.78, 5) is 3.94. The zero-order valence-corrected chi connectivity index (χ0v) is 15.8. The molecule has 3 N–H and O–H groups in total. The minimum atomic E-state index is 0.319. The van der Waals surface area contributed by atoms with Gasteiger partial charge < -0.3 is 10.4 Å². The molecule has 1 aromatic carbocycles. The van der Waals surface area contributed by atoms with Gasteiger partial charge in [-0.1, -0.05) is 40.4 Å². The van der Waals surface area contributed by atoms with Crippen molar-refractivity contribution in [3.63, 3.8) is 0 Å². The van der Waals surface area contributed by atoms with Gasteiger partial charge in [-0.15, -0.1) is 0 Å². The Kier molecular flexibility index (Phi) is 7.58. The van der Waals surface area contributed by atoms with Crippen LogP contribution in [0.4, 0.5) is 5.69 Å². The lowest BCUT2D eigenvalue weighted by Crippen LogP contribution is -2.12. The van der Waals surface area contributed by atoms with Crippen molar-refractivity contribution in [1.82, 2.24) is 15.2 Å². The molecule has 5 nitrogen and oxygen atoms in total. The topological polar surface area (TPSA) is 73.8 Å². The van der Waals surface area contributed by atoms with Gasteiger partial charge in [0.1, 0.15) is 0 Å². The van der Waals surface area contributed by atoms with Crippen LogP contribution in [0.3, 0.4) is 0 Å². The van der Waals surface area contributed by atoms with E-state index in [-0.39, 0.29) is 0 Å². The minimum absolute atomic E-state index is 0.319. The molecule has 0 amide bonds. The number of nitrogens with one attached hydrogen (secondary N) is 2. The Morgan fingerprint density at radius 2 is 1.88 bits per heavy atom. The lowest BCUT2D eigenvalue weighted by Gasteiger charge is -2.23. The summed E-state index contributed by atoms with van der Waals surface area (Å²) in [5.41, 5.74) is 5.76. The summed E-state index contributed by atoms with van der Waals surface area (Å²) < 4.78 is 0. The number of aliphatic hydroxyl groups is 1. The fourth-order valence-corrected chi connectivity index (χ4v) is 2.55. The second kappa shape index (κ2) is 9.92. The van der Waals surface area contributed by atoms with E-state index in [1.54, 1.807) is 6.20 Å². The van der Waals surface area contributed by atoms with Crippen LogP contribution in [0, 0.1) is 0 Å². The molecular formula is C19H25N4OP. The predicted octanol–water partition coefficient (Wildman–Crippen LogP) is 3.53. The lowest BCUT2D eigenvalue weighted by molar-refractivity contribution is 0.295. The average Bonchev–Trinajstić information content (AvgIpc) is 3.14. The minimum Gasteiger partial charge on any atom is -0.396 e. The maximum Gasteiger partial charge on any atom is 0.0723 e. The van der Waals surface area contributed by atoms with Crippen molar-refractivity contribution in [2.75, 3.05) is 11.9 Å². The summed E-state index contributed by atoms with van der Waals surface area (Å²) >= 11 is 0. The smallest absolute Gasteiger partial charge is 0.0723 e. The summed E-state index contributed by atoms with van der Waals surface area (Å²) in [7, 11) is 2.52. The summed E-state index contributed by atoms with van der Waals surface area (Å²) in [5, 5.41) is 18.5. The van der Waals surface area contributed by atoms with Gasteiger partial charge in [-0.25, -0.2) is 0 Å². The van der Waals surface area contributed by atoms with E-state index in [2.05, 4.69) is 48.8 Å². The molecule has 132 valence electrons. The van der Waals surface area contributed by atoms with E-state index in [0.717, 1.165) is 17.5 Å². The number of fused-ring (bicyclic) bond motifs is 3. The highest BCUT2D eigenvalue weighted by Gasteiger charge is 2.21. The fraction of sp³-hybridized carbons (Fsp3) is 0.263. The number of nitrogens with zero attached hydrogens (tertiary/aromatic N) is 2. The van der Waals surface area contributed by atoms with Gasteiger partial charge in [0.2, 0.25) is 0 Å². The maximum atomic E-state index is 7.88. The van der Waals surface area contributed by atoms with Crippen LogP contribution in [0.25, 0.3) is 11.3 Å². The molecule has 2 atom stereocenters. The summed E-state index contributed by atoms with van der Waals surface area (Å²) in [6.45, 7) is 4.39. The Bertz CT molecular complexity index is 759. The van der Waals surface area contributed by atoms with Crippen LogP contribution in [0.5, 0.6) is 0 Å². The van der Waals surface area contributed by atoms with Crippen LogP contribution in [-0.4, -0.2) is 26.9 Å². The average molecular weight is 356 g/mol. The van der Waals surface area contributed by atoms with E-state index in [0.29, 0.717) is 12.6 Å². The van der Waals surface area contributed by atoms with Crippen molar-refractivity contribution in [2.24, 2.45) is 0 Å². The van der Waals surface area contributed by atoms with E-state index in [1.165, 1.54) is 16.8 Å². The highest BCUT2D eigenvalue weighted by molar-refractivity contribution is 7.26. The van der Waals surface area contributed by atoms with E-state index in [9.17, 15) is 0 Å². The van der Waals surface area contributed by atoms with Gasteiger partial charge in [-0.3, -0.25) is 10.1 Å². The lowest BCUT2D eigenvalue weighted by atomic mass is 9.97. The van der Waals surface area contributed by atoms with Crippen molar-refractivity contribution in [2.45, 2.75) is 26.3 Å². The van der Waals surface area contributed by atoms with Gasteiger partial charge >= 0.3 is 0 Å². The first-order chi connectivity index (χ1) is 12.2. The molecule has 0 radical (unpaired) electrons. The molecule has 0 aliphatic carbocycles. The number of aromatic nitrogens is 3. The molecule has 25 heavy (non-hydrogen) atoms. The Morgan fingerprint density at radius 3 is 2.48 bits per heavy atom. The summed E-state index contributed by atoms with van der Waals surface area (Å²) in [6.07, 6.45) is 4.53. The van der Waals surface area contributed by atoms with Gasteiger partial charge in [0.05, 0.1) is 23.4 Å². The number of anilines is 1. The number of benzene rings is 1. The molecule has 2 aromatic heterocycles. The van der Waals surface area contributed by atoms with Gasteiger partial charge in [0.25, 0.3) is 0 Å². The van der Waals surface area contributed by atoms with Crippen molar-refractivity contribution >= 4 is 20.4 Å². The van der Waals surface area contributed by atoms with E-state index in [1.807, 2.05) is 43.5 Å². The number of pyridine rings is 1. The van der Waals surface area contributed by atoms with Gasteiger partial charge in [-0.2, -0.15) is 5.10 Å². The fourth-order valence-electron chi connectivity index (χ4n) is 2.35. The molecule has 2 unspecified atom stereocenters. The first-order valence-corrected chi connectivity index (χ1v) is 8.91. The van der Waals surface area contributed by atoms with Crippen LogP contribution in [0.1, 0.15) is 31.9 Å². The molecule has 0 saturated carbocycles. The highest BCUT2D eigenvalue weighted by atomic mass is 31.0. The van der Waals surface area contributed by atoms with Crippen LogP contribution in [-0.2, 0) is 0 Å². The Labute approximate surface area is 151 Å². The molecule has 0 fully saturated rings. The molecule has 1 aliphatic rings. The summed E-state index contributed by atoms with van der Waals surface area (Å²) in [6, 6.07) is 14.4. The Morgan fingerprint density at radius 1 is 1.16 bits per heavy atom. The van der Waals surface area contributed by atoms with E-state index >= 15 is 0 Å². The number of H-pyrrole nitrogens is 1. The summed E-state index contributed by atoms with van der Waals surface area (Å²) in [5.74, 6) is 0. The number of hydrogen-bond acceptors (Lipinski definition) is 4. The molecule has 0 saturated heterocycles. The highest BCUT2D eigenvalue weighted by Crippen LogP contribution is 2.38. The van der Waals surface area contributed by atoms with Crippen molar-refractivity contribution in [3.8, 4) is 11.3 Å². The molecule has 6 heteroatoms. The first kappa shape index (κ1) is 19.1. The van der Waals surface area contributed by atoms with Gasteiger partial charge in [-0.05, 0) is 31.5 Å². The van der Waals surface area contributed by atoms with E-state index < -0.39 is 0 Å².